The van der Waals surface area contributed by atoms with Crippen LogP contribution < -0.4 is 20.7 Å². The van der Waals surface area contributed by atoms with E-state index < -0.39 is 56.7 Å². The number of alkyl halides is 2. The summed E-state index contributed by atoms with van der Waals surface area (Å²) in [6.07, 6.45) is -1.73. The summed E-state index contributed by atoms with van der Waals surface area (Å²) < 4.78 is 60.2. The van der Waals surface area contributed by atoms with E-state index in [9.17, 15) is 37.0 Å². The number of sulfonamides is 1. The summed E-state index contributed by atoms with van der Waals surface area (Å²) in [5.41, 5.74) is -3.82. The first kappa shape index (κ1) is 27.0. The summed E-state index contributed by atoms with van der Waals surface area (Å²) >= 11 is 12.5. The molecule has 1 unspecified atom stereocenters. The van der Waals surface area contributed by atoms with Crippen LogP contribution in [0.15, 0.2) is 44.8 Å². The quantitative estimate of drug-likeness (QED) is 0.301. The zero-order valence-corrected chi connectivity index (χ0v) is 20.8. The summed E-state index contributed by atoms with van der Waals surface area (Å²) in [6, 6.07) is 4.82. The van der Waals surface area contributed by atoms with Gasteiger partial charge in [-0.05, 0) is 43.0 Å². The number of nitrogens with one attached hydrogen (secondary N) is 2. The molecule has 1 aliphatic rings. The third-order valence-electron chi connectivity index (χ3n) is 5.42. The summed E-state index contributed by atoms with van der Waals surface area (Å²) in [5.74, 6) is -0.857. The van der Waals surface area contributed by atoms with Gasteiger partial charge >= 0.3 is 5.69 Å². The van der Waals surface area contributed by atoms with Gasteiger partial charge in [-0.25, -0.2) is 26.7 Å². The fourth-order valence-corrected chi connectivity index (χ4v) is 5.39. The van der Waals surface area contributed by atoms with Gasteiger partial charge in [0.1, 0.15) is 16.4 Å². The Morgan fingerprint density at radius 1 is 1.19 bits per heavy atom. The molecule has 0 aliphatic heterocycles. The number of halogens is 4. The van der Waals surface area contributed by atoms with Crippen molar-refractivity contribution in [1.29, 1.82) is 0 Å². The number of phenols is 1. The molecule has 37 heavy (non-hydrogen) atoms. The van der Waals surface area contributed by atoms with Gasteiger partial charge in [0.15, 0.2) is 11.4 Å². The number of aliphatic hydroxyl groups excluding tert-OH is 1. The molecule has 0 spiro atoms. The molecule has 3 aromatic rings. The van der Waals surface area contributed by atoms with Crippen molar-refractivity contribution >= 4 is 33.2 Å². The Balaban J connectivity index is 1.66. The first-order chi connectivity index (χ1) is 17.4. The molecule has 1 fully saturated rings. The highest BCUT2D eigenvalue weighted by Gasteiger charge is 2.34. The molecule has 198 valence electrons. The minimum absolute atomic E-state index is 0.00121. The van der Waals surface area contributed by atoms with Crippen molar-refractivity contribution in [2.45, 2.75) is 30.2 Å². The maximum Gasteiger partial charge on any atom is 0.349 e. The highest BCUT2D eigenvalue weighted by atomic mass is 35.5. The van der Waals surface area contributed by atoms with Crippen LogP contribution in [0.5, 0.6) is 17.2 Å². The predicted octanol–water partition coefficient (Wildman–Crippen LogP) is 2.71. The second-order valence-corrected chi connectivity index (χ2v) is 10.6. The van der Waals surface area contributed by atoms with Gasteiger partial charge in [0.2, 0.25) is 10.0 Å². The molecule has 11 nitrogen and oxygen atoms in total. The lowest BCUT2D eigenvalue weighted by atomic mass is 10.2. The van der Waals surface area contributed by atoms with Crippen LogP contribution in [0, 0.1) is 5.92 Å². The molecule has 1 heterocycles. The lowest BCUT2D eigenvalue weighted by Gasteiger charge is -2.17. The van der Waals surface area contributed by atoms with Gasteiger partial charge in [-0.3, -0.25) is 9.78 Å². The molecule has 0 saturated heterocycles. The number of aromatic amines is 1. The molecule has 1 atom stereocenters. The number of H-pyrrole nitrogens is 1. The van der Waals surface area contributed by atoms with Crippen molar-refractivity contribution < 1.29 is 32.1 Å². The first-order valence-corrected chi connectivity index (χ1v) is 12.8. The number of phenolic OH excluding ortho intramolecular Hbond substituents is 1. The van der Waals surface area contributed by atoms with Crippen molar-refractivity contribution in [3.8, 4) is 22.9 Å². The van der Waals surface area contributed by atoms with E-state index >= 15 is 0 Å². The minimum Gasteiger partial charge on any atom is -0.507 e. The zero-order chi connectivity index (χ0) is 27.1. The number of ether oxygens (including phenoxy) is 1. The standard InChI is InChI=1S/C21H18Cl2F2N4O7S/c22-12-5-10(29-21(33)26-20(32)17(27-29)19(24)25)6-13(23)18(12)36-11-3-4-15(31)16(7-11)37(34,35)28-14(8-30)9-1-2-9/h3-7,9,14,19,28,30-31H,1-2,8H2,(H,26,32,33). The smallest absolute Gasteiger partial charge is 0.349 e. The van der Waals surface area contributed by atoms with Gasteiger partial charge in [0, 0.05) is 12.1 Å². The third-order valence-corrected chi connectivity index (χ3v) is 7.50. The number of aromatic hydroxyl groups is 1. The molecule has 0 amide bonds. The summed E-state index contributed by atoms with van der Waals surface area (Å²) in [7, 11) is -4.25. The highest BCUT2D eigenvalue weighted by molar-refractivity contribution is 7.89. The van der Waals surface area contributed by atoms with Gasteiger partial charge < -0.3 is 14.9 Å². The van der Waals surface area contributed by atoms with Crippen LogP contribution in [0.25, 0.3) is 5.69 Å². The fraction of sp³-hybridized carbons (Fsp3) is 0.286. The lowest BCUT2D eigenvalue weighted by Crippen LogP contribution is -2.39. The molecule has 1 saturated carbocycles. The molecule has 1 aromatic heterocycles. The molecular weight excluding hydrogens is 561 g/mol. The highest BCUT2D eigenvalue weighted by Crippen LogP contribution is 2.40. The van der Waals surface area contributed by atoms with Gasteiger partial charge in [0.05, 0.1) is 22.3 Å². The Kier molecular flexibility index (Phi) is 7.57. The number of rotatable bonds is 9. The molecule has 16 heteroatoms. The maximum atomic E-state index is 13.1. The van der Waals surface area contributed by atoms with E-state index in [1.165, 1.54) is 6.07 Å². The van der Waals surface area contributed by atoms with Crippen molar-refractivity contribution in [3.05, 3.63) is 66.9 Å². The first-order valence-electron chi connectivity index (χ1n) is 10.6. The van der Waals surface area contributed by atoms with Crippen LogP contribution in [0.2, 0.25) is 10.0 Å². The van der Waals surface area contributed by atoms with Crippen molar-refractivity contribution in [1.82, 2.24) is 19.5 Å². The number of aromatic nitrogens is 3. The Hall–Kier alpha value is -3.04. The van der Waals surface area contributed by atoms with E-state index in [4.69, 9.17) is 27.9 Å². The van der Waals surface area contributed by atoms with E-state index in [1.807, 2.05) is 0 Å². The van der Waals surface area contributed by atoms with E-state index in [-0.39, 0.29) is 33.1 Å². The van der Waals surface area contributed by atoms with E-state index in [0.717, 1.165) is 37.1 Å². The lowest BCUT2D eigenvalue weighted by molar-refractivity contribution is 0.141. The van der Waals surface area contributed by atoms with Gasteiger partial charge in [-0.1, -0.05) is 23.2 Å². The topological polar surface area (TPSA) is 164 Å². The van der Waals surface area contributed by atoms with Crippen LogP contribution in [-0.2, 0) is 10.0 Å². The number of nitrogens with zero attached hydrogens (tertiary/aromatic N) is 2. The van der Waals surface area contributed by atoms with Crippen molar-refractivity contribution in [3.63, 3.8) is 0 Å². The number of hydrogen-bond acceptors (Lipinski definition) is 8. The van der Waals surface area contributed by atoms with Crippen molar-refractivity contribution in [2.75, 3.05) is 6.61 Å². The molecule has 4 N–H and O–H groups in total. The van der Waals surface area contributed by atoms with Gasteiger partial charge in [-0.2, -0.15) is 9.78 Å². The Morgan fingerprint density at radius 3 is 2.41 bits per heavy atom. The van der Waals surface area contributed by atoms with Crippen LogP contribution in [0.1, 0.15) is 25.0 Å². The van der Waals surface area contributed by atoms with E-state index in [0.29, 0.717) is 4.68 Å². The predicted molar refractivity (Wildman–Crippen MR) is 128 cm³/mol. The molecule has 0 radical (unpaired) electrons. The Labute approximate surface area is 217 Å². The average Bonchev–Trinajstić information content (AvgIpc) is 3.66. The Morgan fingerprint density at radius 2 is 1.84 bits per heavy atom. The maximum absolute atomic E-state index is 13.1. The van der Waals surface area contributed by atoms with E-state index in [1.54, 1.807) is 4.98 Å². The van der Waals surface area contributed by atoms with Gasteiger partial charge in [0.25, 0.3) is 12.0 Å². The Bertz CT molecular complexity index is 1550. The normalized spacial score (nSPS) is 14.6. The molecule has 2 aromatic carbocycles. The third kappa shape index (κ3) is 5.78. The monoisotopic (exact) mass is 578 g/mol. The van der Waals surface area contributed by atoms with Gasteiger partial charge in [-0.15, -0.1) is 0 Å². The van der Waals surface area contributed by atoms with Crippen LogP contribution in [0.4, 0.5) is 8.78 Å². The number of benzene rings is 2. The van der Waals surface area contributed by atoms with E-state index in [2.05, 4.69) is 9.82 Å². The van der Waals surface area contributed by atoms with Crippen LogP contribution in [-0.4, -0.2) is 46.0 Å². The zero-order valence-electron chi connectivity index (χ0n) is 18.5. The van der Waals surface area contributed by atoms with Crippen LogP contribution >= 0.6 is 23.2 Å². The molecular formula is C21H18Cl2F2N4O7S. The average molecular weight is 579 g/mol. The second kappa shape index (κ2) is 10.4. The summed E-state index contributed by atoms with van der Waals surface area (Å²) in [6.45, 7) is -0.412. The summed E-state index contributed by atoms with van der Waals surface area (Å²) in [5, 5.41) is 22.6. The minimum atomic E-state index is -4.25. The number of aliphatic hydroxyl groups is 1. The molecule has 1 aliphatic carbocycles. The molecule has 4 rings (SSSR count). The SMILES string of the molecule is O=c1[nH]c(=O)n(-c2cc(Cl)c(Oc3ccc(O)c(S(=O)(=O)NC(CO)C4CC4)c3)c(Cl)c2)nc1C(F)F. The van der Waals surface area contributed by atoms with Crippen molar-refractivity contribution in [2.24, 2.45) is 5.92 Å². The fourth-order valence-electron chi connectivity index (χ4n) is 3.43. The van der Waals surface area contributed by atoms with Crippen LogP contribution in [0.3, 0.4) is 0 Å². The second-order valence-electron chi connectivity index (χ2n) is 8.07. The largest absolute Gasteiger partial charge is 0.507 e. The summed E-state index contributed by atoms with van der Waals surface area (Å²) in [4.78, 5) is 24.8. The number of hydrogen-bond donors (Lipinski definition) is 4. The molecule has 0 bridgehead atoms.